The molecule has 0 aliphatic rings. The fourth-order valence-electron chi connectivity index (χ4n) is 2.87. The third-order valence-corrected chi connectivity index (χ3v) is 4.05. The molecule has 0 fully saturated rings. The molecule has 1 N–H and O–H groups in total. The molecule has 4 aromatic rings. The molecule has 0 amide bonds. The van der Waals surface area contributed by atoms with Gasteiger partial charge in [-0.3, -0.25) is 4.40 Å². The van der Waals surface area contributed by atoms with Crippen LogP contribution in [0.15, 0.2) is 42.7 Å². The average molecular weight is 262 g/mol. The normalized spacial score (nSPS) is 11.7. The number of benzene rings is 2. The average Bonchev–Trinajstić information content (AvgIpc) is 2.90. The number of rotatable bonds is 0. The zero-order valence-corrected chi connectivity index (χ0v) is 11.4. The molecule has 0 unspecified atom stereocenters. The lowest BCUT2D eigenvalue weighted by molar-refractivity contribution is 0.476. The number of hydrogen-bond donors (Lipinski definition) is 1. The molecule has 0 aliphatic heterocycles. The van der Waals surface area contributed by atoms with Gasteiger partial charge in [-0.15, -0.1) is 0 Å². The number of phenols is 1. The maximum Gasteiger partial charge on any atom is 0.145 e. The summed E-state index contributed by atoms with van der Waals surface area (Å²) in [6.45, 7) is 4.25. The molecule has 3 nitrogen and oxygen atoms in total. The highest BCUT2D eigenvalue weighted by Gasteiger charge is 2.10. The second kappa shape index (κ2) is 3.73. The van der Waals surface area contributed by atoms with Crippen molar-refractivity contribution >= 4 is 27.3 Å². The van der Waals surface area contributed by atoms with Crippen LogP contribution in [0.5, 0.6) is 5.75 Å². The summed E-state index contributed by atoms with van der Waals surface area (Å²) >= 11 is 0. The first-order valence-corrected chi connectivity index (χ1v) is 6.64. The molecule has 0 saturated heterocycles. The highest BCUT2D eigenvalue weighted by atomic mass is 16.3. The fourth-order valence-corrected chi connectivity index (χ4v) is 2.87. The van der Waals surface area contributed by atoms with E-state index in [1.165, 1.54) is 16.5 Å². The van der Waals surface area contributed by atoms with E-state index in [9.17, 15) is 5.11 Å². The second-order valence-electron chi connectivity index (χ2n) is 5.30. The van der Waals surface area contributed by atoms with Gasteiger partial charge < -0.3 is 5.11 Å². The van der Waals surface area contributed by atoms with Gasteiger partial charge in [0.25, 0.3) is 0 Å². The summed E-state index contributed by atoms with van der Waals surface area (Å²) in [6.07, 6.45) is 3.77. The van der Waals surface area contributed by atoms with Crippen LogP contribution in [0.2, 0.25) is 0 Å². The van der Waals surface area contributed by atoms with Crippen molar-refractivity contribution in [3.63, 3.8) is 0 Å². The van der Waals surface area contributed by atoms with E-state index in [2.05, 4.69) is 35.4 Å². The summed E-state index contributed by atoms with van der Waals surface area (Å²) in [5.41, 5.74) is 4.57. The van der Waals surface area contributed by atoms with Gasteiger partial charge in [-0.1, -0.05) is 0 Å². The lowest BCUT2D eigenvalue weighted by Crippen LogP contribution is -1.92. The van der Waals surface area contributed by atoms with Gasteiger partial charge in [-0.05, 0) is 60.7 Å². The number of imidazole rings is 1. The third kappa shape index (κ3) is 1.37. The van der Waals surface area contributed by atoms with Gasteiger partial charge in [-0.2, -0.15) is 0 Å². The molecule has 0 atom stereocenters. The summed E-state index contributed by atoms with van der Waals surface area (Å²) in [6, 6.07) is 9.90. The number of hydrogen-bond acceptors (Lipinski definition) is 2. The first kappa shape index (κ1) is 11.3. The Hall–Kier alpha value is -2.55. The molecule has 0 aliphatic carbocycles. The van der Waals surface area contributed by atoms with Crippen LogP contribution in [0.25, 0.3) is 27.3 Å². The zero-order valence-electron chi connectivity index (χ0n) is 11.4. The Morgan fingerprint density at radius 3 is 2.60 bits per heavy atom. The van der Waals surface area contributed by atoms with Crippen LogP contribution < -0.4 is 0 Å². The van der Waals surface area contributed by atoms with E-state index in [1.54, 1.807) is 18.3 Å². The lowest BCUT2D eigenvalue weighted by Gasteiger charge is -2.11. The summed E-state index contributed by atoms with van der Waals surface area (Å²) in [5, 5.41) is 13.1. The van der Waals surface area contributed by atoms with Crippen LogP contribution in [0, 0.1) is 13.8 Å². The van der Waals surface area contributed by atoms with Crippen molar-refractivity contribution in [1.82, 2.24) is 9.38 Å². The van der Waals surface area contributed by atoms with Crippen molar-refractivity contribution in [3.05, 3.63) is 53.9 Å². The largest absolute Gasteiger partial charge is 0.508 e. The van der Waals surface area contributed by atoms with Gasteiger partial charge in [0.05, 0.1) is 5.52 Å². The minimum absolute atomic E-state index is 0.269. The van der Waals surface area contributed by atoms with Crippen molar-refractivity contribution in [2.45, 2.75) is 13.8 Å². The van der Waals surface area contributed by atoms with Gasteiger partial charge in [0.1, 0.15) is 11.4 Å². The minimum Gasteiger partial charge on any atom is -0.508 e. The predicted octanol–water partition coefficient (Wildman–Crippen LogP) is 3.96. The monoisotopic (exact) mass is 262 g/mol. The Kier molecular flexibility index (Phi) is 2.11. The molecule has 2 aromatic heterocycles. The van der Waals surface area contributed by atoms with Gasteiger partial charge >= 0.3 is 0 Å². The van der Waals surface area contributed by atoms with Crippen molar-refractivity contribution < 1.29 is 5.11 Å². The third-order valence-electron chi connectivity index (χ3n) is 4.05. The van der Waals surface area contributed by atoms with Crippen molar-refractivity contribution in [2.75, 3.05) is 0 Å². The molecule has 0 saturated carbocycles. The number of pyridine rings is 1. The smallest absolute Gasteiger partial charge is 0.145 e. The maximum absolute atomic E-state index is 9.76. The van der Waals surface area contributed by atoms with Crippen LogP contribution in [-0.4, -0.2) is 14.5 Å². The summed E-state index contributed by atoms with van der Waals surface area (Å²) in [7, 11) is 0. The predicted molar refractivity (Wildman–Crippen MR) is 81.3 cm³/mol. The molecule has 2 heterocycles. The molecular weight excluding hydrogens is 248 g/mol. The van der Waals surface area contributed by atoms with E-state index in [0.29, 0.717) is 0 Å². The van der Waals surface area contributed by atoms with E-state index in [4.69, 9.17) is 0 Å². The second-order valence-corrected chi connectivity index (χ2v) is 5.30. The van der Waals surface area contributed by atoms with E-state index >= 15 is 0 Å². The van der Waals surface area contributed by atoms with Crippen molar-refractivity contribution in [1.29, 1.82) is 0 Å². The standard InChI is InChI=1S/C17H14N2O/c1-10-7-14-13-4-3-12(20)9-15(13)17-18-5-6-19(17)16(14)8-11(10)2/h3-9,20H,1-2H3. The topological polar surface area (TPSA) is 37.5 Å². The zero-order chi connectivity index (χ0) is 13.9. The van der Waals surface area contributed by atoms with Crippen LogP contribution in [-0.2, 0) is 0 Å². The molecule has 20 heavy (non-hydrogen) atoms. The number of aromatic nitrogens is 2. The van der Waals surface area contributed by atoms with Crippen molar-refractivity contribution in [2.24, 2.45) is 0 Å². The van der Waals surface area contributed by atoms with Gasteiger partial charge in [0.15, 0.2) is 0 Å². The number of aryl methyl sites for hydroxylation is 2. The molecule has 4 rings (SSSR count). The highest BCUT2D eigenvalue weighted by Crippen LogP contribution is 2.32. The molecule has 0 spiro atoms. The number of fused-ring (bicyclic) bond motifs is 6. The number of phenolic OH excluding ortho intramolecular Hbond substituents is 1. The fraction of sp³-hybridized carbons (Fsp3) is 0.118. The van der Waals surface area contributed by atoms with Crippen molar-refractivity contribution in [3.8, 4) is 5.75 Å². The number of nitrogens with zero attached hydrogens (tertiary/aromatic N) is 2. The maximum atomic E-state index is 9.76. The molecule has 3 heteroatoms. The quantitative estimate of drug-likeness (QED) is 0.487. The molecule has 0 bridgehead atoms. The molecule has 0 radical (unpaired) electrons. The lowest BCUT2D eigenvalue weighted by atomic mass is 10.0. The van der Waals surface area contributed by atoms with E-state index in [0.717, 1.165) is 21.9 Å². The van der Waals surface area contributed by atoms with Gasteiger partial charge in [0.2, 0.25) is 0 Å². The van der Waals surface area contributed by atoms with E-state index in [1.807, 2.05) is 12.3 Å². The van der Waals surface area contributed by atoms with E-state index < -0.39 is 0 Å². The Morgan fingerprint density at radius 2 is 1.75 bits per heavy atom. The minimum atomic E-state index is 0.269. The van der Waals surface area contributed by atoms with E-state index in [-0.39, 0.29) is 5.75 Å². The SMILES string of the molecule is Cc1cc2c3ccc(O)cc3c3nccn3c2cc1C. The molecule has 2 aromatic carbocycles. The molecule has 98 valence electrons. The Balaban J connectivity index is 2.39. The Labute approximate surface area is 116 Å². The first-order valence-electron chi connectivity index (χ1n) is 6.64. The first-order chi connectivity index (χ1) is 9.65. The number of aromatic hydroxyl groups is 1. The summed E-state index contributed by atoms with van der Waals surface area (Å²) < 4.78 is 2.09. The van der Waals surface area contributed by atoms with Crippen LogP contribution in [0.4, 0.5) is 0 Å². The Morgan fingerprint density at radius 1 is 0.950 bits per heavy atom. The van der Waals surface area contributed by atoms with Crippen LogP contribution in [0.3, 0.4) is 0 Å². The molecular formula is C17H14N2O. The Bertz CT molecular complexity index is 983. The van der Waals surface area contributed by atoms with Crippen LogP contribution in [0.1, 0.15) is 11.1 Å². The van der Waals surface area contributed by atoms with Gasteiger partial charge in [-0.25, -0.2) is 4.98 Å². The summed E-state index contributed by atoms with van der Waals surface area (Å²) in [4.78, 5) is 4.44. The van der Waals surface area contributed by atoms with Gasteiger partial charge in [0, 0.05) is 23.2 Å². The highest BCUT2D eigenvalue weighted by molar-refractivity contribution is 6.12. The van der Waals surface area contributed by atoms with Crippen LogP contribution >= 0.6 is 0 Å². The summed E-state index contributed by atoms with van der Waals surface area (Å²) in [5.74, 6) is 0.269.